The van der Waals surface area contributed by atoms with Crippen molar-refractivity contribution in [3.05, 3.63) is 84.2 Å². The number of anilines is 1. The SMILES string of the molecule is CCCC(C)CNC(=O)C(c1ccc(F)cc1)N(C(=O)Cn1nnc2ccccc21)c1ccc(OC)cc1. The molecule has 2 atom stereocenters. The Balaban J connectivity index is 1.75. The van der Waals surface area contributed by atoms with Crippen molar-refractivity contribution in [3.63, 3.8) is 0 Å². The summed E-state index contributed by atoms with van der Waals surface area (Å²) < 4.78 is 20.6. The number of hydrogen-bond acceptors (Lipinski definition) is 5. The molecule has 0 saturated carbocycles. The largest absolute Gasteiger partial charge is 0.497 e. The highest BCUT2D eigenvalue weighted by Crippen LogP contribution is 2.30. The average Bonchev–Trinajstić information content (AvgIpc) is 3.34. The molecule has 0 bridgehead atoms. The molecule has 1 N–H and O–H groups in total. The average molecular weight is 518 g/mol. The maximum absolute atomic E-state index is 14.0. The quantitative estimate of drug-likeness (QED) is 0.306. The highest BCUT2D eigenvalue weighted by atomic mass is 19.1. The molecule has 0 radical (unpaired) electrons. The van der Waals surface area contributed by atoms with E-state index in [2.05, 4.69) is 29.5 Å². The fourth-order valence-corrected chi connectivity index (χ4v) is 4.45. The number of fused-ring (bicyclic) bond motifs is 1. The van der Waals surface area contributed by atoms with Crippen LogP contribution in [0.3, 0.4) is 0 Å². The zero-order valence-corrected chi connectivity index (χ0v) is 21.8. The van der Waals surface area contributed by atoms with E-state index in [0.717, 1.165) is 12.8 Å². The summed E-state index contributed by atoms with van der Waals surface area (Å²) in [4.78, 5) is 29.2. The molecule has 38 heavy (non-hydrogen) atoms. The van der Waals surface area contributed by atoms with Crippen LogP contribution in [0.2, 0.25) is 0 Å². The van der Waals surface area contributed by atoms with Gasteiger partial charge in [0.2, 0.25) is 11.8 Å². The van der Waals surface area contributed by atoms with Crippen LogP contribution in [0.5, 0.6) is 5.75 Å². The summed E-state index contributed by atoms with van der Waals surface area (Å²) in [6.45, 7) is 4.48. The Morgan fingerprint density at radius 1 is 1.05 bits per heavy atom. The Kier molecular flexibility index (Phi) is 8.68. The van der Waals surface area contributed by atoms with E-state index in [9.17, 15) is 14.0 Å². The molecular formula is C29H32FN5O3. The third-order valence-electron chi connectivity index (χ3n) is 6.42. The molecular weight excluding hydrogens is 485 g/mol. The number of benzene rings is 3. The predicted molar refractivity (Wildman–Crippen MR) is 144 cm³/mol. The lowest BCUT2D eigenvalue weighted by molar-refractivity contribution is -0.127. The molecule has 2 amide bonds. The van der Waals surface area contributed by atoms with Gasteiger partial charge in [-0.1, -0.05) is 49.7 Å². The Morgan fingerprint density at radius 2 is 1.76 bits per heavy atom. The van der Waals surface area contributed by atoms with Crippen molar-refractivity contribution < 1.29 is 18.7 Å². The predicted octanol–water partition coefficient (Wildman–Crippen LogP) is 4.91. The summed E-state index contributed by atoms with van der Waals surface area (Å²) >= 11 is 0. The fraction of sp³-hybridized carbons (Fsp3) is 0.310. The van der Waals surface area contributed by atoms with E-state index in [-0.39, 0.29) is 24.3 Å². The van der Waals surface area contributed by atoms with E-state index >= 15 is 0 Å². The van der Waals surface area contributed by atoms with Crippen molar-refractivity contribution in [1.29, 1.82) is 0 Å². The molecule has 4 aromatic rings. The van der Waals surface area contributed by atoms with E-state index < -0.39 is 11.9 Å². The molecule has 3 aromatic carbocycles. The topological polar surface area (TPSA) is 89.4 Å². The lowest BCUT2D eigenvalue weighted by Gasteiger charge is -2.32. The molecule has 0 fully saturated rings. The van der Waals surface area contributed by atoms with Crippen LogP contribution in [0.1, 0.15) is 38.3 Å². The number of nitrogens with one attached hydrogen (secondary N) is 1. The van der Waals surface area contributed by atoms with Crippen LogP contribution in [0.25, 0.3) is 11.0 Å². The van der Waals surface area contributed by atoms with Crippen LogP contribution in [0.4, 0.5) is 10.1 Å². The molecule has 1 aromatic heterocycles. The third kappa shape index (κ3) is 6.16. The van der Waals surface area contributed by atoms with Gasteiger partial charge in [-0.25, -0.2) is 9.07 Å². The summed E-state index contributed by atoms with van der Waals surface area (Å²) in [5.74, 6) is -0.283. The molecule has 198 valence electrons. The number of rotatable bonds is 11. The van der Waals surface area contributed by atoms with Gasteiger partial charge in [0.15, 0.2) is 0 Å². The molecule has 0 aliphatic heterocycles. The monoisotopic (exact) mass is 517 g/mol. The Labute approximate surface area is 221 Å². The van der Waals surface area contributed by atoms with Crippen molar-refractivity contribution in [2.75, 3.05) is 18.6 Å². The maximum atomic E-state index is 14.0. The molecule has 1 heterocycles. The highest BCUT2D eigenvalue weighted by molar-refractivity contribution is 6.01. The van der Waals surface area contributed by atoms with Gasteiger partial charge in [-0.15, -0.1) is 5.10 Å². The molecule has 0 spiro atoms. The van der Waals surface area contributed by atoms with E-state index in [1.54, 1.807) is 31.4 Å². The van der Waals surface area contributed by atoms with Gasteiger partial charge in [-0.2, -0.15) is 0 Å². The van der Waals surface area contributed by atoms with Gasteiger partial charge < -0.3 is 10.1 Å². The van der Waals surface area contributed by atoms with Crippen LogP contribution < -0.4 is 15.0 Å². The minimum atomic E-state index is -1.04. The van der Waals surface area contributed by atoms with Crippen molar-refractivity contribution in [2.24, 2.45) is 5.92 Å². The van der Waals surface area contributed by atoms with Gasteiger partial charge in [0.1, 0.15) is 29.7 Å². The van der Waals surface area contributed by atoms with E-state index in [1.807, 2.05) is 24.3 Å². The number of para-hydroxylation sites is 1. The zero-order chi connectivity index (χ0) is 27.1. The smallest absolute Gasteiger partial charge is 0.249 e. The van der Waals surface area contributed by atoms with Crippen molar-refractivity contribution in [2.45, 2.75) is 39.3 Å². The van der Waals surface area contributed by atoms with Crippen LogP contribution >= 0.6 is 0 Å². The maximum Gasteiger partial charge on any atom is 0.249 e. The van der Waals surface area contributed by atoms with Gasteiger partial charge >= 0.3 is 0 Å². The standard InChI is InChI=1S/C29H32FN5O3/c1-4-7-20(2)18-31-29(37)28(21-10-12-22(30)13-11-21)35(23-14-16-24(38-3)17-15-23)27(36)19-34-26-9-6-5-8-25(26)32-33-34/h5-6,8-17,20,28H,4,7,18-19H2,1-3H3,(H,31,37). The lowest BCUT2D eigenvalue weighted by atomic mass is 10.0. The van der Waals surface area contributed by atoms with Gasteiger partial charge in [-0.3, -0.25) is 14.5 Å². The van der Waals surface area contributed by atoms with Gasteiger partial charge in [0, 0.05) is 12.2 Å². The third-order valence-corrected chi connectivity index (χ3v) is 6.42. The molecule has 0 aliphatic rings. The number of carbonyl (C=O) groups is 2. The number of amides is 2. The fourth-order valence-electron chi connectivity index (χ4n) is 4.45. The van der Waals surface area contributed by atoms with E-state index in [0.29, 0.717) is 34.6 Å². The molecule has 0 aliphatic carbocycles. The first-order chi connectivity index (χ1) is 18.4. The number of halogens is 1. The number of nitrogens with zero attached hydrogens (tertiary/aromatic N) is 4. The molecule has 9 heteroatoms. The Morgan fingerprint density at radius 3 is 2.45 bits per heavy atom. The lowest BCUT2D eigenvalue weighted by Crippen LogP contribution is -2.46. The van der Waals surface area contributed by atoms with Crippen molar-refractivity contribution in [3.8, 4) is 5.75 Å². The van der Waals surface area contributed by atoms with Crippen LogP contribution in [-0.2, 0) is 16.1 Å². The second-order valence-electron chi connectivity index (χ2n) is 9.29. The number of ether oxygens (including phenoxy) is 1. The normalized spacial score (nSPS) is 12.6. The van der Waals surface area contributed by atoms with Crippen LogP contribution in [-0.4, -0.2) is 40.5 Å². The summed E-state index contributed by atoms with van der Waals surface area (Å²) in [6, 6.07) is 18.8. The summed E-state index contributed by atoms with van der Waals surface area (Å²) in [5.41, 5.74) is 2.34. The number of hydrogen-bond donors (Lipinski definition) is 1. The Hall–Kier alpha value is -4.27. The minimum Gasteiger partial charge on any atom is -0.497 e. The number of methoxy groups -OCH3 is 1. The summed E-state index contributed by atoms with van der Waals surface area (Å²) in [5, 5.41) is 11.3. The highest BCUT2D eigenvalue weighted by Gasteiger charge is 2.33. The number of carbonyl (C=O) groups excluding carboxylic acids is 2. The van der Waals surface area contributed by atoms with Gasteiger partial charge in [0.05, 0.1) is 12.6 Å². The first-order valence-corrected chi connectivity index (χ1v) is 12.7. The second-order valence-corrected chi connectivity index (χ2v) is 9.29. The van der Waals surface area contributed by atoms with Crippen LogP contribution in [0, 0.1) is 11.7 Å². The molecule has 0 saturated heterocycles. The molecule has 8 nitrogen and oxygen atoms in total. The zero-order valence-electron chi connectivity index (χ0n) is 21.8. The first-order valence-electron chi connectivity index (χ1n) is 12.7. The van der Waals surface area contributed by atoms with Gasteiger partial charge in [0.25, 0.3) is 0 Å². The molecule has 4 rings (SSSR count). The Bertz CT molecular complexity index is 1370. The first kappa shape index (κ1) is 26.8. The van der Waals surface area contributed by atoms with E-state index in [1.165, 1.54) is 33.8 Å². The van der Waals surface area contributed by atoms with Crippen molar-refractivity contribution >= 4 is 28.5 Å². The van der Waals surface area contributed by atoms with E-state index in [4.69, 9.17) is 4.74 Å². The molecule has 2 unspecified atom stereocenters. The number of aromatic nitrogens is 3. The second kappa shape index (κ2) is 12.3. The van der Waals surface area contributed by atoms with Gasteiger partial charge in [-0.05, 0) is 66.4 Å². The van der Waals surface area contributed by atoms with Crippen LogP contribution in [0.15, 0.2) is 72.8 Å². The minimum absolute atomic E-state index is 0.149. The summed E-state index contributed by atoms with van der Waals surface area (Å²) in [6.07, 6.45) is 1.96. The summed E-state index contributed by atoms with van der Waals surface area (Å²) in [7, 11) is 1.56. The van der Waals surface area contributed by atoms with Crippen molar-refractivity contribution in [1.82, 2.24) is 20.3 Å².